The number of nitrogens with one attached hydrogen (secondary N) is 2. The van der Waals surface area contributed by atoms with Gasteiger partial charge in [-0.25, -0.2) is 4.98 Å². The van der Waals surface area contributed by atoms with Crippen molar-refractivity contribution in [2.45, 2.75) is 4.90 Å². The highest BCUT2D eigenvalue weighted by atomic mass is 32.2. The molecular formula is C13H14N4OS. The van der Waals surface area contributed by atoms with Crippen molar-refractivity contribution in [2.75, 3.05) is 17.0 Å². The third kappa shape index (κ3) is 3.24. The number of hydrogen-bond acceptors (Lipinski definition) is 5. The summed E-state index contributed by atoms with van der Waals surface area (Å²) in [4.78, 5) is 17.1. The molecule has 0 bridgehead atoms. The van der Waals surface area contributed by atoms with Crippen molar-refractivity contribution in [2.24, 2.45) is 5.84 Å². The summed E-state index contributed by atoms with van der Waals surface area (Å²) in [7, 11) is 0. The second kappa shape index (κ2) is 6.21. The number of aromatic nitrogens is 1. The van der Waals surface area contributed by atoms with Gasteiger partial charge in [-0.15, -0.1) is 11.8 Å². The van der Waals surface area contributed by atoms with Crippen molar-refractivity contribution in [3.8, 4) is 0 Å². The summed E-state index contributed by atoms with van der Waals surface area (Å²) in [5.41, 5.74) is 4.24. The van der Waals surface area contributed by atoms with E-state index in [-0.39, 0.29) is 5.91 Å². The third-order valence-electron chi connectivity index (χ3n) is 2.52. The van der Waals surface area contributed by atoms with Crippen LogP contribution in [0.4, 0.5) is 11.4 Å². The Morgan fingerprint density at radius 2 is 2.05 bits per heavy atom. The van der Waals surface area contributed by atoms with Gasteiger partial charge in [0.2, 0.25) is 0 Å². The molecule has 0 aliphatic heterocycles. The van der Waals surface area contributed by atoms with Crippen LogP contribution in [-0.4, -0.2) is 17.1 Å². The molecule has 5 nitrogen and oxygen atoms in total. The van der Waals surface area contributed by atoms with Crippen molar-refractivity contribution >= 4 is 29.0 Å². The van der Waals surface area contributed by atoms with Gasteiger partial charge in [0.25, 0.3) is 5.91 Å². The molecule has 0 radical (unpaired) electrons. The van der Waals surface area contributed by atoms with Gasteiger partial charge >= 0.3 is 0 Å². The van der Waals surface area contributed by atoms with Gasteiger partial charge in [0.05, 0.1) is 17.6 Å². The molecule has 2 aromatic rings. The van der Waals surface area contributed by atoms with Crippen LogP contribution < -0.4 is 16.6 Å². The predicted octanol–water partition coefficient (Wildman–Crippen LogP) is 2.34. The predicted molar refractivity (Wildman–Crippen MR) is 78.2 cm³/mol. The van der Waals surface area contributed by atoms with E-state index in [1.807, 2.05) is 30.5 Å². The largest absolute Gasteiger partial charge is 0.323 e. The van der Waals surface area contributed by atoms with Crippen molar-refractivity contribution in [3.63, 3.8) is 0 Å². The van der Waals surface area contributed by atoms with Crippen LogP contribution in [0.2, 0.25) is 0 Å². The maximum Gasteiger partial charge on any atom is 0.274 e. The van der Waals surface area contributed by atoms with Gasteiger partial charge in [-0.05, 0) is 30.5 Å². The molecule has 1 aromatic carbocycles. The highest BCUT2D eigenvalue weighted by Crippen LogP contribution is 2.24. The standard InChI is InChI=1S/C13H14N4OS/c1-19-12-5-3-2-4-10(12)16-13(18)11-7-6-9(17-14)8-15-11/h2-8,17H,14H2,1H3,(H,16,18). The van der Waals surface area contributed by atoms with E-state index < -0.39 is 0 Å². The molecule has 98 valence electrons. The number of hydrogen-bond donors (Lipinski definition) is 3. The SMILES string of the molecule is CSc1ccccc1NC(=O)c1ccc(NN)cn1. The average molecular weight is 274 g/mol. The summed E-state index contributed by atoms with van der Waals surface area (Å²) in [6, 6.07) is 10.9. The number of nitrogens with zero attached hydrogens (tertiary/aromatic N) is 1. The first kappa shape index (κ1) is 13.4. The van der Waals surface area contributed by atoms with Crippen LogP contribution in [0.5, 0.6) is 0 Å². The Bertz CT molecular complexity index is 571. The zero-order chi connectivity index (χ0) is 13.7. The van der Waals surface area contributed by atoms with Crippen LogP contribution in [0, 0.1) is 0 Å². The van der Waals surface area contributed by atoms with Crippen LogP contribution in [0.25, 0.3) is 0 Å². The number of anilines is 2. The van der Waals surface area contributed by atoms with E-state index in [4.69, 9.17) is 5.84 Å². The fraction of sp³-hybridized carbons (Fsp3) is 0.0769. The number of carbonyl (C=O) groups is 1. The van der Waals surface area contributed by atoms with Gasteiger partial charge in [-0.2, -0.15) is 0 Å². The van der Waals surface area contributed by atoms with E-state index in [0.717, 1.165) is 10.6 Å². The molecule has 0 aliphatic rings. The quantitative estimate of drug-likeness (QED) is 0.453. The number of thioether (sulfide) groups is 1. The van der Waals surface area contributed by atoms with E-state index in [9.17, 15) is 4.79 Å². The maximum atomic E-state index is 12.0. The number of pyridine rings is 1. The normalized spacial score (nSPS) is 10.0. The fourth-order valence-corrected chi connectivity index (χ4v) is 2.10. The summed E-state index contributed by atoms with van der Waals surface area (Å²) >= 11 is 1.58. The first-order valence-electron chi connectivity index (χ1n) is 5.61. The molecule has 0 spiro atoms. The highest BCUT2D eigenvalue weighted by molar-refractivity contribution is 7.98. The average Bonchev–Trinajstić information content (AvgIpc) is 2.48. The van der Waals surface area contributed by atoms with Gasteiger partial charge < -0.3 is 10.7 Å². The van der Waals surface area contributed by atoms with E-state index in [2.05, 4.69) is 15.7 Å². The van der Waals surface area contributed by atoms with Crippen LogP contribution in [0.15, 0.2) is 47.5 Å². The molecule has 1 aromatic heterocycles. The van der Waals surface area contributed by atoms with E-state index in [1.54, 1.807) is 23.9 Å². The van der Waals surface area contributed by atoms with Gasteiger partial charge in [0, 0.05) is 4.90 Å². The summed E-state index contributed by atoms with van der Waals surface area (Å²) in [5.74, 6) is 5.00. The molecule has 4 N–H and O–H groups in total. The number of para-hydroxylation sites is 1. The molecule has 0 aliphatic carbocycles. The molecule has 19 heavy (non-hydrogen) atoms. The minimum Gasteiger partial charge on any atom is -0.323 e. The summed E-state index contributed by atoms with van der Waals surface area (Å²) < 4.78 is 0. The van der Waals surface area contributed by atoms with Gasteiger partial charge in [-0.3, -0.25) is 10.6 Å². The Labute approximate surface area is 115 Å². The first-order valence-corrected chi connectivity index (χ1v) is 6.84. The Hall–Kier alpha value is -2.05. The molecule has 1 heterocycles. The molecular weight excluding hydrogens is 260 g/mol. The monoisotopic (exact) mass is 274 g/mol. The molecule has 0 saturated carbocycles. The number of benzene rings is 1. The topological polar surface area (TPSA) is 80.0 Å². The summed E-state index contributed by atoms with van der Waals surface area (Å²) in [6.45, 7) is 0. The van der Waals surface area contributed by atoms with Crippen LogP contribution >= 0.6 is 11.8 Å². The van der Waals surface area contributed by atoms with Crippen molar-refractivity contribution in [1.29, 1.82) is 0 Å². The number of rotatable bonds is 4. The fourth-order valence-electron chi connectivity index (χ4n) is 1.55. The molecule has 0 unspecified atom stereocenters. The van der Waals surface area contributed by atoms with Crippen LogP contribution in [-0.2, 0) is 0 Å². The lowest BCUT2D eigenvalue weighted by molar-refractivity contribution is 0.102. The highest BCUT2D eigenvalue weighted by Gasteiger charge is 2.09. The van der Waals surface area contributed by atoms with E-state index in [0.29, 0.717) is 11.4 Å². The smallest absolute Gasteiger partial charge is 0.274 e. The number of carbonyl (C=O) groups excluding carboxylic acids is 1. The Balaban J connectivity index is 2.16. The van der Waals surface area contributed by atoms with E-state index in [1.165, 1.54) is 6.20 Å². The van der Waals surface area contributed by atoms with Crippen molar-refractivity contribution < 1.29 is 4.79 Å². The molecule has 0 saturated heterocycles. The lowest BCUT2D eigenvalue weighted by Crippen LogP contribution is -2.15. The lowest BCUT2D eigenvalue weighted by Gasteiger charge is -2.09. The van der Waals surface area contributed by atoms with Gasteiger partial charge in [0.15, 0.2) is 0 Å². The van der Waals surface area contributed by atoms with Crippen molar-refractivity contribution in [1.82, 2.24) is 4.98 Å². The molecule has 0 atom stereocenters. The zero-order valence-corrected chi connectivity index (χ0v) is 11.2. The molecule has 6 heteroatoms. The molecule has 0 fully saturated rings. The summed E-state index contributed by atoms with van der Waals surface area (Å²) in [6.07, 6.45) is 3.47. The zero-order valence-electron chi connectivity index (χ0n) is 10.4. The third-order valence-corrected chi connectivity index (χ3v) is 3.31. The maximum absolute atomic E-state index is 12.0. The van der Waals surface area contributed by atoms with Crippen LogP contribution in [0.1, 0.15) is 10.5 Å². The Kier molecular flexibility index (Phi) is 4.38. The lowest BCUT2D eigenvalue weighted by atomic mass is 10.3. The molecule has 2 rings (SSSR count). The van der Waals surface area contributed by atoms with Gasteiger partial charge in [0.1, 0.15) is 5.69 Å². The molecule has 1 amide bonds. The van der Waals surface area contributed by atoms with Crippen LogP contribution in [0.3, 0.4) is 0 Å². The first-order chi connectivity index (χ1) is 9.24. The van der Waals surface area contributed by atoms with Gasteiger partial charge in [-0.1, -0.05) is 12.1 Å². The van der Waals surface area contributed by atoms with E-state index >= 15 is 0 Å². The van der Waals surface area contributed by atoms with Crippen molar-refractivity contribution in [3.05, 3.63) is 48.3 Å². The Morgan fingerprint density at radius 1 is 1.26 bits per heavy atom. The number of hydrazine groups is 1. The number of nitrogen functional groups attached to an aromatic ring is 1. The second-order valence-electron chi connectivity index (χ2n) is 3.73. The minimum atomic E-state index is -0.245. The second-order valence-corrected chi connectivity index (χ2v) is 4.58. The summed E-state index contributed by atoms with van der Waals surface area (Å²) in [5, 5.41) is 2.84. The minimum absolute atomic E-state index is 0.245. The number of amides is 1. The Morgan fingerprint density at radius 3 is 2.68 bits per heavy atom. The number of nitrogens with two attached hydrogens (primary N) is 1.